The molecular weight excluding hydrogens is 416 g/mol. The minimum Gasteiger partial charge on any atom is -0.345 e. The number of rotatable bonds is 5. The molecule has 1 N–H and O–H groups in total. The fourth-order valence-corrected chi connectivity index (χ4v) is 3.75. The maximum absolute atomic E-state index is 12.8. The van der Waals surface area contributed by atoms with E-state index in [9.17, 15) is 14.4 Å². The molecule has 0 radical (unpaired) electrons. The fourth-order valence-electron chi connectivity index (χ4n) is 3.53. The highest BCUT2D eigenvalue weighted by molar-refractivity contribution is 6.33. The van der Waals surface area contributed by atoms with Crippen molar-refractivity contribution in [2.75, 3.05) is 52.1 Å². The summed E-state index contributed by atoms with van der Waals surface area (Å²) in [4.78, 5) is 42.8. The zero-order valence-corrected chi connectivity index (χ0v) is 18.6. The summed E-state index contributed by atoms with van der Waals surface area (Å²) in [6.45, 7) is 2.70. The number of anilines is 1. The van der Waals surface area contributed by atoms with E-state index >= 15 is 0 Å². The Morgan fingerprint density at radius 2 is 1.77 bits per heavy atom. The van der Waals surface area contributed by atoms with Crippen molar-refractivity contribution in [3.8, 4) is 0 Å². The molecule has 0 atom stereocenters. The van der Waals surface area contributed by atoms with E-state index in [1.165, 1.54) is 4.90 Å². The van der Waals surface area contributed by atoms with Crippen LogP contribution in [0.3, 0.4) is 0 Å². The average Bonchev–Trinajstić information content (AvgIpc) is 2.98. The van der Waals surface area contributed by atoms with Crippen molar-refractivity contribution in [1.82, 2.24) is 14.7 Å². The standard InChI is InChI=1S/C23H27ClN4O3/c1-26(2)22(30)17-7-5-8-18(15-17)25-21(29)16-27-11-6-12-28(14-13-27)23(31)19-9-3-4-10-20(19)24/h3-5,7-10,15H,6,11-14,16H2,1-2H3,(H,25,29). The van der Waals surface area contributed by atoms with Gasteiger partial charge in [0.25, 0.3) is 11.8 Å². The Labute approximate surface area is 187 Å². The molecule has 0 aromatic heterocycles. The van der Waals surface area contributed by atoms with Crippen LogP contribution in [0, 0.1) is 0 Å². The lowest BCUT2D eigenvalue weighted by Crippen LogP contribution is -2.38. The second-order valence-electron chi connectivity index (χ2n) is 7.73. The minimum absolute atomic E-state index is 0.0840. The number of carbonyl (C=O) groups is 3. The summed E-state index contributed by atoms with van der Waals surface area (Å²) in [5.74, 6) is -0.355. The summed E-state index contributed by atoms with van der Waals surface area (Å²) in [5, 5.41) is 3.31. The summed E-state index contributed by atoms with van der Waals surface area (Å²) < 4.78 is 0. The van der Waals surface area contributed by atoms with E-state index in [0.29, 0.717) is 41.5 Å². The van der Waals surface area contributed by atoms with E-state index in [1.54, 1.807) is 67.5 Å². The Morgan fingerprint density at radius 3 is 2.52 bits per heavy atom. The first kappa shape index (κ1) is 22.8. The van der Waals surface area contributed by atoms with Crippen molar-refractivity contribution in [3.05, 3.63) is 64.7 Å². The summed E-state index contributed by atoms with van der Waals surface area (Å²) >= 11 is 6.17. The van der Waals surface area contributed by atoms with Gasteiger partial charge in [0.1, 0.15) is 0 Å². The third kappa shape index (κ3) is 6.06. The van der Waals surface area contributed by atoms with Crippen LogP contribution < -0.4 is 5.32 Å². The molecule has 1 heterocycles. The van der Waals surface area contributed by atoms with Gasteiger partial charge in [0.15, 0.2) is 0 Å². The molecule has 3 rings (SSSR count). The molecule has 0 bridgehead atoms. The van der Waals surface area contributed by atoms with Crippen LogP contribution in [0.1, 0.15) is 27.1 Å². The number of halogens is 1. The second-order valence-corrected chi connectivity index (χ2v) is 8.14. The predicted molar refractivity (Wildman–Crippen MR) is 122 cm³/mol. The molecule has 8 heteroatoms. The number of benzene rings is 2. The molecule has 0 spiro atoms. The van der Waals surface area contributed by atoms with E-state index in [1.807, 2.05) is 4.90 Å². The topological polar surface area (TPSA) is 73.0 Å². The van der Waals surface area contributed by atoms with Gasteiger partial charge in [-0.1, -0.05) is 29.8 Å². The van der Waals surface area contributed by atoms with Crippen molar-refractivity contribution < 1.29 is 14.4 Å². The normalized spacial score (nSPS) is 14.6. The number of nitrogens with zero attached hydrogens (tertiary/aromatic N) is 3. The lowest BCUT2D eigenvalue weighted by Gasteiger charge is -2.22. The molecule has 2 aromatic carbocycles. The largest absolute Gasteiger partial charge is 0.345 e. The van der Waals surface area contributed by atoms with Crippen LogP contribution in [0.2, 0.25) is 5.02 Å². The highest BCUT2D eigenvalue weighted by Gasteiger charge is 2.22. The van der Waals surface area contributed by atoms with Crippen LogP contribution in [-0.4, -0.2) is 79.2 Å². The highest BCUT2D eigenvalue weighted by Crippen LogP contribution is 2.18. The first-order valence-electron chi connectivity index (χ1n) is 10.2. The van der Waals surface area contributed by atoms with E-state index < -0.39 is 0 Å². The first-order chi connectivity index (χ1) is 14.8. The van der Waals surface area contributed by atoms with Gasteiger partial charge in [-0.05, 0) is 36.8 Å². The Hall–Kier alpha value is -2.90. The van der Waals surface area contributed by atoms with Crippen LogP contribution in [-0.2, 0) is 4.79 Å². The number of carbonyl (C=O) groups excluding carboxylic acids is 3. The Morgan fingerprint density at radius 1 is 1.00 bits per heavy atom. The fraction of sp³-hybridized carbons (Fsp3) is 0.348. The van der Waals surface area contributed by atoms with E-state index in [4.69, 9.17) is 11.6 Å². The van der Waals surface area contributed by atoms with E-state index in [0.717, 1.165) is 13.0 Å². The van der Waals surface area contributed by atoms with Crippen molar-refractivity contribution in [3.63, 3.8) is 0 Å². The Balaban J connectivity index is 1.55. The zero-order valence-electron chi connectivity index (χ0n) is 17.8. The molecule has 7 nitrogen and oxygen atoms in total. The molecular formula is C23H27ClN4O3. The zero-order chi connectivity index (χ0) is 22.4. The molecule has 1 aliphatic rings. The summed E-state index contributed by atoms with van der Waals surface area (Å²) in [6.07, 6.45) is 0.774. The van der Waals surface area contributed by atoms with Crippen LogP contribution in [0.5, 0.6) is 0 Å². The minimum atomic E-state index is -0.152. The maximum Gasteiger partial charge on any atom is 0.255 e. The lowest BCUT2D eigenvalue weighted by molar-refractivity contribution is -0.117. The Kier molecular flexibility index (Phi) is 7.65. The molecule has 1 fully saturated rings. The van der Waals surface area contributed by atoms with Gasteiger partial charge < -0.3 is 15.1 Å². The first-order valence-corrected chi connectivity index (χ1v) is 10.6. The summed E-state index contributed by atoms with van der Waals surface area (Å²) in [5.41, 5.74) is 1.61. The number of hydrogen-bond donors (Lipinski definition) is 1. The SMILES string of the molecule is CN(C)C(=O)c1cccc(NC(=O)CN2CCCN(C(=O)c3ccccc3Cl)CC2)c1. The van der Waals surface area contributed by atoms with Gasteiger partial charge in [-0.25, -0.2) is 0 Å². The van der Waals surface area contributed by atoms with Crippen LogP contribution in [0.4, 0.5) is 5.69 Å². The molecule has 0 aliphatic carbocycles. The molecule has 3 amide bonds. The lowest BCUT2D eigenvalue weighted by atomic mass is 10.2. The van der Waals surface area contributed by atoms with Crippen molar-refractivity contribution >= 4 is 35.0 Å². The quantitative estimate of drug-likeness (QED) is 0.772. The van der Waals surface area contributed by atoms with Gasteiger partial charge in [0.2, 0.25) is 5.91 Å². The van der Waals surface area contributed by atoms with E-state index in [-0.39, 0.29) is 24.3 Å². The average molecular weight is 443 g/mol. The van der Waals surface area contributed by atoms with Crippen LogP contribution in [0.25, 0.3) is 0 Å². The summed E-state index contributed by atoms with van der Waals surface area (Å²) in [7, 11) is 3.37. The molecule has 31 heavy (non-hydrogen) atoms. The van der Waals surface area contributed by atoms with Gasteiger partial charge >= 0.3 is 0 Å². The van der Waals surface area contributed by atoms with Gasteiger partial charge in [-0.15, -0.1) is 0 Å². The molecule has 1 aliphatic heterocycles. The predicted octanol–water partition coefficient (Wildman–Crippen LogP) is 2.83. The van der Waals surface area contributed by atoms with Gasteiger partial charge in [0, 0.05) is 51.5 Å². The number of hydrogen-bond acceptors (Lipinski definition) is 4. The molecule has 0 unspecified atom stereocenters. The molecule has 2 aromatic rings. The number of nitrogens with one attached hydrogen (secondary N) is 1. The monoisotopic (exact) mass is 442 g/mol. The van der Waals surface area contributed by atoms with Crippen molar-refractivity contribution in [2.24, 2.45) is 0 Å². The molecule has 1 saturated heterocycles. The van der Waals surface area contributed by atoms with Crippen molar-refractivity contribution in [1.29, 1.82) is 0 Å². The van der Waals surface area contributed by atoms with Gasteiger partial charge in [0.05, 0.1) is 17.1 Å². The summed E-state index contributed by atoms with van der Waals surface area (Å²) in [6, 6.07) is 13.9. The molecule has 0 saturated carbocycles. The second kappa shape index (κ2) is 10.4. The van der Waals surface area contributed by atoms with Crippen LogP contribution >= 0.6 is 11.6 Å². The number of amides is 3. The highest BCUT2D eigenvalue weighted by atomic mass is 35.5. The van der Waals surface area contributed by atoms with Crippen LogP contribution in [0.15, 0.2) is 48.5 Å². The van der Waals surface area contributed by atoms with Gasteiger partial charge in [-0.2, -0.15) is 0 Å². The van der Waals surface area contributed by atoms with Crippen molar-refractivity contribution in [2.45, 2.75) is 6.42 Å². The van der Waals surface area contributed by atoms with Gasteiger partial charge in [-0.3, -0.25) is 19.3 Å². The molecule has 164 valence electrons. The smallest absolute Gasteiger partial charge is 0.255 e. The Bertz CT molecular complexity index is 963. The maximum atomic E-state index is 12.8. The third-order valence-corrected chi connectivity index (χ3v) is 5.48. The van der Waals surface area contributed by atoms with E-state index in [2.05, 4.69) is 5.32 Å². The third-order valence-electron chi connectivity index (χ3n) is 5.15.